The predicted octanol–water partition coefficient (Wildman–Crippen LogP) is 3.61. The second-order valence-electron chi connectivity index (χ2n) is 8.90. The van der Waals surface area contributed by atoms with Gasteiger partial charge in [-0.15, -0.1) is 0 Å². The van der Waals surface area contributed by atoms with Crippen LogP contribution in [-0.2, 0) is 9.59 Å². The summed E-state index contributed by atoms with van der Waals surface area (Å²) in [5, 5.41) is 13.3. The molecule has 0 aromatic rings. The molecule has 4 fully saturated rings. The predicted molar refractivity (Wildman–Crippen MR) is 86.3 cm³/mol. The van der Waals surface area contributed by atoms with E-state index >= 15 is 0 Å². The number of fused-ring (bicyclic) bond motifs is 5. The second kappa shape index (κ2) is 4.90. The highest BCUT2D eigenvalue weighted by Gasteiger charge is 2.62. The molecule has 0 unspecified atom stereocenters. The second-order valence-corrected chi connectivity index (χ2v) is 8.90. The minimum atomic E-state index is -0.217. The molecule has 0 heterocycles. The fourth-order valence-corrected chi connectivity index (χ4v) is 6.63. The molecule has 4 saturated carbocycles. The molecule has 0 aliphatic heterocycles. The molecule has 0 radical (unpaired) electrons. The first kappa shape index (κ1) is 15.3. The van der Waals surface area contributed by atoms with Crippen LogP contribution in [0.25, 0.3) is 0 Å². The summed E-state index contributed by atoms with van der Waals surface area (Å²) in [5.74, 6) is 2.11. The summed E-state index contributed by atoms with van der Waals surface area (Å²) in [5.41, 5.74) is 0.822. The zero-order valence-corrected chi connectivity index (χ0v) is 14.2. The van der Waals surface area contributed by atoms with Crippen LogP contribution in [0.2, 0.25) is 0 Å². The number of oxime groups is 1. The van der Waals surface area contributed by atoms with Gasteiger partial charge < -0.3 is 5.21 Å². The third kappa shape index (κ3) is 1.93. The zero-order valence-electron chi connectivity index (χ0n) is 14.2. The number of hydrogen-bond donors (Lipinski definition) is 1. The van der Waals surface area contributed by atoms with Crippen LogP contribution in [0.1, 0.15) is 65.2 Å². The third-order valence-electron chi connectivity index (χ3n) is 8.14. The van der Waals surface area contributed by atoms with Crippen LogP contribution in [0.15, 0.2) is 5.16 Å². The molecule has 4 nitrogen and oxygen atoms in total. The number of carbonyl (C=O) groups excluding carboxylic acids is 2. The van der Waals surface area contributed by atoms with Crippen molar-refractivity contribution in [3.8, 4) is 0 Å². The van der Waals surface area contributed by atoms with Gasteiger partial charge in [0.05, 0.1) is 5.71 Å². The zero-order chi connectivity index (χ0) is 16.4. The quantitative estimate of drug-likeness (QED) is 0.548. The smallest absolute Gasteiger partial charge is 0.139 e. The molecule has 4 heteroatoms. The van der Waals surface area contributed by atoms with E-state index in [-0.39, 0.29) is 16.7 Å². The average molecular weight is 317 g/mol. The highest BCUT2D eigenvalue weighted by molar-refractivity contribution is 5.93. The standard InChI is InChI=1S/C19H27NO3/c1-18-7-5-12(21)9-11(18)10-15(20-23)17-13-3-4-16(22)19(13,2)8-6-14(17)18/h11,13-14,17,23H,3-10H2,1-2H3/t11-,13+,14+,17+,18+,19+/m1/s1. The Morgan fingerprint density at radius 1 is 1.04 bits per heavy atom. The van der Waals surface area contributed by atoms with E-state index in [4.69, 9.17) is 0 Å². The summed E-state index contributed by atoms with van der Waals surface area (Å²) in [4.78, 5) is 24.4. The van der Waals surface area contributed by atoms with Crippen LogP contribution in [0.5, 0.6) is 0 Å². The van der Waals surface area contributed by atoms with Crippen LogP contribution in [0.3, 0.4) is 0 Å². The normalized spacial score (nSPS) is 51.3. The Balaban J connectivity index is 1.75. The van der Waals surface area contributed by atoms with E-state index in [0.29, 0.717) is 48.6 Å². The fourth-order valence-electron chi connectivity index (χ4n) is 6.63. The Morgan fingerprint density at radius 3 is 2.57 bits per heavy atom. The molecule has 0 amide bonds. The molecule has 23 heavy (non-hydrogen) atoms. The first-order chi connectivity index (χ1) is 10.9. The van der Waals surface area contributed by atoms with Gasteiger partial charge in [-0.1, -0.05) is 19.0 Å². The number of Topliss-reactive ketones (excluding diaryl/α,β-unsaturated/α-hetero) is 2. The van der Waals surface area contributed by atoms with Gasteiger partial charge in [0.15, 0.2) is 0 Å². The maximum absolute atomic E-state index is 12.5. The minimum Gasteiger partial charge on any atom is -0.411 e. The van der Waals surface area contributed by atoms with E-state index in [0.717, 1.165) is 37.8 Å². The number of hydrogen-bond acceptors (Lipinski definition) is 4. The van der Waals surface area contributed by atoms with Crippen molar-refractivity contribution in [3.63, 3.8) is 0 Å². The molecule has 1 N–H and O–H groups in total. The van der Waals surface area contributed by atoms with Gasteiger partial charge in [0.25, 0.3) is 0 Å². The van der Waals surface area contributed by atoms with Crippen molar-refractivity contribution >= 4 is 17.3 Å². The molecular formula is C19H27NO3. The largest absolute Gasteiger partial charge is 0.411 e. The lowest BCUT2D eigenvalue weighted by Crippen LogP contribution is -2.57. The van der Waals surface area contributed by atoms with E-state index in [1.807, 2.05) is 0 Å². The Kier molecular flexibility index (Phi) is 3.27. The molecular weight excluding hydrogens is 290 g/mol. The number of ketones is 2. The van der Waals surface area contributed by atoms with Crippen LogP contribution in [0.4, 0.5) is 0 Å². The fraction of sp³-hybridized carbons (Fsp3) is 0.842. The van der Waals surface area contributed by atoms with Gasteiger partial charge in [0.2, 0.25) is 0 Å². The Hall–Kier alpha value is -1.19. The number of rotatable bonds is 0. The molecule has 6 atom stereocenters. The highest BCUT2D eigenvalue weighted by atomic mass is 16.4. The van der Waals surface area contributed by atoms with Gasteiger partial charge in [-0.3, -0.25) is 9.59 Å². The van der Waals surface area contributed by atoms with Crippen molar-refractivity contribution in [2.24, 2.45) is 39.7 Å². The molecule has 0 saturated heterocycles. The van der Waals surface area contributed by atoms with Crippen LogP contribution in [-0.4, -0.2) is 22.5 Å². The van der Waals surface area contributed by atoms with Gasteiger partial charge in [0, 0.05) is 30.6 Å². The minimum absolute atomic E-state index is 0.166. The number of carbonyl (C=O) groups is 2. The third-order valence-corrected chi connectivity index (χ3v) is 8.14. The van der Waals surface area contributed by atoms with E-state index in [9.17, 15) is 14.8 Å². The van der Waals surface area contributed by atoms with Crippen molar-refractivity contribution in [2.45, 2.75) is 65.2 Å². The molecule has 4 aliphatic carbocycles. The van der Waals surface area contributed by atoms with E-state index in [1.54, 1.807) is 0 Å². The first-order valence-corrected chi connectivity index (χ1v) is 9.16. The maximum Gasteiger partial charge on any atom is 0.139 e. The van der Waals surface area contributed by atoms with Gasteiger partial charge in [-0.25, -0.2) is 0 Å². The summed E-state index contributed by atoms with van der Waals surface area (Å²) in [6.07, 6.45) is 6.66. The molecule has 0 aromatic carbocycles. The Bertz CT molecular complexity index is 597. The number of nitrogens with zero attached hydrogens (tertiary/aromatic N) is 1. The maximum atomic E-state index is 12.5. The van der Waals surface area contributed by atoms with Crippen molar-refractivity contribution < 1.29 is 14.8 Å². The summed E-state index contributed by atoms with van der Waals surface area (Å²) in [6.45, 7) is 4.49. The van der Waals surface area contributed by atoms with E-state index < -0.39 is 0 Å². The van der Waals surface area contributed by atoms with Gasteiger partial charge in [0.1, 0.15) is 11.6 Å². The summed E-state index contributed by atoms with van der Waals surface area (Å²) in [6, 6.07) is 0. The molecule has 126 valence electrons. The summed E-state index contributed by atoms with van der Waals surface area (Å²) < 4.78 is 0. The lowest BCUT2D eigenvalue weighted by molar-refractivity contribution is -0.135. The van der Waals surface area contributed by atoms with Crippen molar-refractivity contribution in [1.82, 2.24) is 0 Å². The molecule has 0 spiro atoms. The molecule has 0 bridgehead atoms. The Morgan fingerprint density at radius 2 is 1.83 bits per heavy atom. The van der Waals surface area contributed by atoms with Crippen molar-refractivity contribution in [1.29, 1.82) is 0 Å². The van der Waals surface area contributed by atoms with E-state index in [1.165, 1.54) is 0 Å². The van der Waals surface area contributed by atoms with Crippen LogP contribution >= 0.6 is 0 Å². The average Bonchev–Trinajstić information content (AvgIpc) is 2.83. The summed E-state index contributed by atoms with van der Waals surface area (Å²) >= 11 is 0. The van der Waals surface area contributed by atoms with Gasteiger partial charge in [-0.05, 0) is 55.3 Å². The monoisotopic (exact) mass is 317 g/mol. The highest BCUT2D eigenvalue weighted by Crippen LogP contribution is 2.64. The van der Waals surface area contributed by atoms with Gasteiger partial charge >= 0.3 is 0 Å². The Labute approximate surface area is 137 Å². The van der Waals surface area contributed by atoms with Crippen molar-refractivity contribution in [3.05, 3.63) is 0 Å². The van der Waals surface area contributed by atoms with Crippen LogP contribution < -0.4 is 0 Å². The van der Waals surface area contributed by atoms with Crippen molar-refractivity contribution in [2.75, 3.05) is 0 Å². The lowest BCUT2D eigenvalue weighted by Gasteiger charge is -2.59. The summed E-state index contributed by atoms with van der Waals surface area (Å²) in [7, 11) is 0. The first-order valence-electron chi connectivity index (χ1n) is 9.16. The van der Waals surface area contributed by atoms with Crippen LogP contribution in [0, 0.1) is 34.5 Å². The van der Waals surface area contributed by atoms with Gasteiger partial charge in [-0.2, -0.15) is 0 Å². The molecule has 4 rings (SSSR count). The molecule has 4 aliphatic rings. The van der Waals surface area contributed by atoms with E-state index in [2.05, 4.69) is 19.0 Å². The molecule has 0 aromatic heterocycles. The lowest BCUT2D eigenvalue weighted by atomic mass is 9.45. The SMILES string of the molecule is C[C@]12CCC(=O)C[C@@H]1CC(=NO)[C@@H]1[C@@H]2CC[C@]2(C)C(=O)CC[C@@H]12. The topological polar surface area (TPSA) is 66.7 Å².